The fourth-order valence-corrected chi connectivity index (χ4v) is 6.67. The largest absolute Gasteiger partial charge is 0.506 e. The standard InChI is InChI=1S/C29H38N4O5S.C4F6O2/c34-23-8-7-21(28-27(23)32-29(36)39-28)11-14-31-16-17-33(22-4-2-1-3-5-22)26(35)12-15-30-13-10-20-6-9-24-25(18-20)38-19-37-24;5-3(6,7)1(11)2(12)4(8,9)10/h6-9,18,22,30-31,34H,1-5,10-17,19H2,(H,32,36);. The molecule has 1 amide bonds. The summed E-state index contributed by atoms with van der Waals surface area (Å²) in [5, 5.41) is 16.9. The molecule has 3 aromatic rings. The molecule has 2 heterocycles. The average molecular weight is 749 g/mol. The number of halogens is 6. The first-order valence-electron chi connectivity index (χ1n) is 16.3. The number of H-pyrrole nitrogens is 1. The Morgan fingerprint density at radius 1 is 0.863 bits per heavy atom. The molecule has 280 valence electrons. The van der Waals surface area contributed by atoms with Gasteiger partial charge in [-0.3, -0.25) is 19.2 Å². The topological polar surface area (TPSA) is 150 Å². The number of alkyl halides is 6. The molecule has 5 rings (SSSR count). The third kappa shape index (κ3) is 11.4. The number of nitrogens with one attached hydrogen (secondary N) is 3. The van der Waals surface area contributed by atoms with Crippen LogP contribution in [0.3, 0.4) is 0 Å². The van der Waals surface area contributed by atoms with Gasteiger partial charge in [0.2, 0.25) is 12.7 Å². The van der Waals surface area contributed by atoms with Crippen LogP contribution in [-0.4, -0.2) is 90.4 Å². The highest BCUT2D eigenvalue weighted by molar-refractivity contribution is 7.16. The van der Waals surface area contributed by atoms with E-state index >= 15 is 0 Å². The van der Waals surface area contributed by atoms with Crippen molar-refractivity contribution in [3.05, 3.63) is 51.1 Å². The number of aromatic amines is 1. The summed E-state index contributed by atoms with van der Waals surface area (Å²) in [6.45, 7) is 3.91. The van der Waals surface area contributed by atoms with Crippen molar-refractivity contribution in [2.75, 3.05) is 39.5 Å². The van der Waals surface area contributed by atoms with E-state index in [1.165, 1.54) is 24.8 Å². The molecule has 2 aliphatic rings. The van der Waals surface area contributed by atoms with E-state index in [0.29, 0.717) is 31.1 Å². The van der Waals surface area contributed by atoms with Crippen LogP contribution < -0.4 is 25.0 Å². The number of thiazole rings is 1. The van der Waals surface area contributed by atoms with Gasteiger partial charge in [0, 0.05) is 32.1 Å². The maximum Gasteiger partial charge on any atom is 0.458 e. The minimum atomic E-state index is -5.77. The lowest BCUT2D eigenvalue weighted by Gasteiger charge is -2.34. The van der Waals surface area contributed by atoms with Gasteiger partial charge in [-0.05, 0) is 68.1 Å². The number of ketones is 2. The zero-order chi connectivity index (χ0) is 37.2. The number of benzene rings is 2. The molecular weight excluding hydrogens is 710 g/mol. The second kappa shape index (κ2) is 17.9. The van der Waals surface area contributed by atoms with Crippen molar-refractivity contribution in [2.45, 2.75) is 69.8 Å². The molecule has 11 nitrogen and oxygen atoms in total. The number of fused-ring (bicyclic) bond motifs is 2. The first kappa shape index (κ1) is 39.6. The van der Waals surface area contributed by atoms with E-state index in [-0.39, 0.29) is 23.3 Å². The summed E-state index contributed by atoms with van der Waals surface area (Å²) in [6, 6.07) is 9.87. The summed E-state index contributed by atoms with van der Waals surface area (Å²) in [4.78, 5) is 48.9. The second-order valence-corrected chi connectivity index (χ2v) is 12.9. The first-order valence-corrected chi connectivity index (χ1v) is 17.1. The number of aromatic nitrogens is 1. The predicted molar refractivity (Wildman–Crippen MR) is 175 cm³/mol. The maximum atomic E-state index is 13.2. The molecule has 0 bridgehead atoms. The highest BCUT2D eigenvalue weighted by atomic mass is 32.1. The Bertz CT molecular complexity index is 1700. The molecule has 1 saturated carbocycles. The molecule has 0 spiro atoms. The van der Waals surface area contributed by atoms with Gasteiger partial charge in [-0.2, -0.15) is 26.3 Å². The number of hydrogen-bond donors (Lipinski definition) is 4. The smallest absolute Gasteiger partial charge is 0.458 e. The van der Waals surface area contributed by atoms with Crippen molar-refractivity contribution in [2.24, 2.45) is 0 Å². The lowest BCUT2D eigenvalue weighted by molar-refractivity contribution is -0.193. The average Bonchev–Trinajstić information content (AvgIpc) is 3.73. The number of phenolic OH excluding ortho intramolecular Hbond substituents is 1. The third-order valence-corrected chi connectivity index (χ3v) is 9.30. The van der Waals surface area contributed by atoms with Crippen molar-refractivity contribution in [1.82, 2.24) is 20.5 Å². The van der Waals surface area contributed by atoms with Crippen LogP contribution in [0.2, 0.25) is 0 Å². The van der Waals surface area contributed by atoms with E-state index in [0.717, 1.165) is 78.4 Å². The van der Waals surface area contributed by atoms with Gasteiger partial charge in [0.15, 0.2) is 11.5 Å². The third-order valence-electron chi connectivity index (χ3n) is 8.34. The quantitative estimate of drug-likeness (QED) is 0.104. The molecule has 1 aromatic heterocycles. The summed E-state index contributed by atoms with van der Waals surface area (Å²) >= 11 is 1.13. The lowest BCUT2D eigenvalue weighted by atomic mass is 9.94. The van der Waals surface area contributed by atoms with Crippen LogP contribution in [0.5, 0.6) is 17.2 Å². The van der Waals surface area contributed by atoms with Gasteiger partial charge in [-0.25, -0.2) is 0 Å². The number of Topliss-reactive ketones (excluding diaryl/α,β-unsaturated/α-hetero) is 2. The molecule has 0 unspecified atom stereocenters. The van der Waals surface area contributed by atoms with Gasteiger partial charge in [-0.15, -0.1) is 0 Å². The fourth-order valence-electron chi connectivity index (χ4n) is 5.77. The number of carbonyl (C=O) groups excluding carboxylic acids is 3. The van der Waals surface area contributed by atoms with Gasteiger partial charge in [-0.1, -0.05) is 42.7 Å². The van der Waals surface area contributed by atoms with Gasteiger partial charge >= 0.3 is 28.8 Å². The number of amides is 1. The molecule has 0 radical (unpaired) electrons. The van der Waals surface area contributed by atoms with Crippen molar-refractivity contribution < 1.29 is 55.3 Å². The van der Waals surface area contributed by atoms with Crippen LogP contribution in [0.1, 0.15) is 49.7 Å². The van der Waals surface area contributed by atoms with E-state index in [9.17, 15) is 50.6 Å². The molecule has 1 fully saturated rings. The summed E-state index contributed by atoms with van der Waals surface area (Å²) in [6.07, 6.45) is -3.64. The first-order chi connectivity index (χ1) is 24.1. The molecule has 51 heavy (non-hydrogen) atoms. The molecule has 2 aromatic carbocycles. The number of ether oxygens (including phenoxy) is 2. The number of nitrogens with zero attached hydrogens (tertiary/aromatic N) is 1. The van der Waals surface area contributed by atoms with E-state index < -0.39 is 23.9 Å². The molecule has 1 aliphatic heterocycles. The Balaban J connectivity index is 0.000000417. The Kier molecular flexibility index (Phi) is 13.9. The molecule has 18 heteroatoms. The Labute approximate surface area is 292 Å². The second-order valence-electron chi connectivity index (χ2n) is 11.9. The van der Waals surface area contributed by atoms with Crippen LogP contribution in [0.25, 0.3) is 10.2 Å². The van der Waals surface area contributed by atoms with E-state index in [2.05, 4.69) is 26.6 Å². The Hall–Kier alpha value is -4.16. The molecule has 0 atom stereocenters. The van der Waals surface area contributed by atoms with Gasteiger partial charge in [0.25, 0.3) is 0 Å². The van der Waals surface area contributed by atoms with Crippen molar-refractivity contribution in [3.8, 4) is 17.2 Å². The highest BCUT2D eigenvalue weighted by Crippen LogP contribution is 2.32. The van der Waals surface area contributed by atoms with Gasteiger partial charge in [0.05, 0.1) is 4.70 Å². The molecule has 4 N–H and O–H groups in total. The monoisotopic (exact) mass is 748 g/mol. The van der Waals surface area contributed by atoms with E-state index in [4.69, 9.17) is 9.47 Å². The summed E-state index contributed by atoms with van der Waals surface area (Å²) < 4.78 is 78.6. The summed E-state index contributed by atoms with van der Waals surface area (Å²) in [5.41, 5.74) is 2.73. The van der Waals surface area contributed by atoms with E-state index in [1.807, 2.05) is 18.2 Å². The molecule has 0 saturated heterocycles. The highest BCUT2D eigenvalue weighted by Gasteiger charge is 2.54. The maximum absolute atomic E-state index is 13.2. The SMILES string of the molecule is O=C(C(=O)C(F)(F)F)C(F)(F)F.O=C(CCNCCc1ccc2c(c1)OCO2)N(CCNCCc1ccc(O)c2[nH]c(=O)sc12)C1CCCCC1. The molecule has 1 aliphatic carbocycles. The van der Waals surface area contributed by atoms with Crippen LogP contribution in [0.4, 0.5) is 26.3 Å². The van der Waals surface area contributed by atoms with E-state index in [1.54, 1.807) is 6.07 Å². The lowest BCUT2D eigenvalue weighted by Crippen LogP contribution is -2.45. The Morgan fingerprint density at radius 3 is 2.20 bits per heavy atom. The van der Waals surface area contributed by atoms with Gasteiger partial charge < -0.3 is 35.1 Å². The molecular formula is C33H38F6N4O7S. The van der Waals surface area contributed by atoms with Gasteiger partial charge in [0.1, 0.15) is 11.3 Å². The fraction of sp³-hybridized carbons (Fsp3) is 0.515. The van der Waals surface area contributed by atoms with Crippen LogP contribution >= 0.6 is 11.3 Å². The predicted octanol–water partition coefficient (Wildman–Crippen LogP) is 4.79. The zero-order valence-corrected chi connectivity index (χ0v) is 28.2. The number of phenols is 1. The zero-order valence-electron chi connectivity index (χ0n) is 27.4. The van der Waals surface area contributed by atoms with Crippen molar-refractivity contribution >= 4 is 39.0 Å². The number of hydrogen-bond acceptors (Lipinski definition) is 10. The van der Waals surface area contributed by atoms with Crippen LogP contribution in [-0.2, 0) is 27.2 Å². The van der Waals surface area contributed by atoms with Crippen molar-refractivity contribution in [1.29, 1.82) is 0 Å². The summed E-state index contributed by atoms with van der Waals surface area (Å²) in [7, 11) is 0. The minimum Gasteiger partial charge on any atom is -0.506 e. The van der Waals surface area contributed by atoms with Crippen LogP contribution in [0.15, 0.2) is 35.1 Å². The van der Waals surface area contributed by atoms with Crippen molar-refractivity contribution in [3.63, 3.8) is 0 Å². The normalized spacial score (nSPS) is 14.6. The van der Waals surface area contributed by atoms with Crippen LogP contribution in [0, 0.1) is 0 Å². The minimum absolute atomic E-state index is 0.101. The number of rotatable bonds is 14. The summed E-state index contributed by atoms with van der Waals surface area (Å²) in [5.74, 6) is -4.89. The number of aromatic hydroxyl groups is 1. The Morgan fingerprint density at radius 2 is 1.51 bits per heavy atom. The number of carbonyl (C=O) groups is 3.